The van der Waals surface area contributed by atoms with E-state index in [0.29, 0.717) is 24.3 Å². The molecule has 0 saturated carbocycles. The summed E-state index contributed by atoms with van der Waals surface area (Å²) < 4.78 is 32.4. The van der Waals surface area contributed by atoms with E-state index >= 15 is 0 Å². The molecule has 0 bridgehead atoms. The summed E-state index contributed by atoms with van der Waals surface area (Å²) in [7, 11) is -3.59. The summed E-state index contributed by atoms with van der Waals surface area (Å²) >= 11 is 1.11. The molecule has 1 heterocycles. The molecular weight excluding hydrogens is 424 g/mol. The predicted octanol–water partition coefficient (Wildman–Crippen LogP) is 3.50. The van der Waals surface area contributed by atoms with E-state index in [9.17, 15) is 13.2 Å². The molecule has 158 valence electrons. The molecule has 0 radical (unpaired) electrons. The zero-order valence-corrected chi connectivity index (χ0v) is 18.2. The second-order valence-corrected chi connectivity index (χ2v) is 9.06. The van der Waals surface area contributed by atoms with Crippen LogP contribution in [-0.4, -0.2) is 47.7 Å². The van der Waals surface area contributed by atoms with Crippen LogP contribution in [0.5, 0.6) is 0 Å². The number of para-hydroxylation sites is 1. The molecular formula is C20H22N4O4S2. The Morgan fingerprint density at radius 1 is 1.07 bits per heavy atom. The van der Waals surface area contributed by atoms with E-state index in [4.69, 9.17) is 4.42 Å². The first-order chi connectivity index (χ1) is 14.4. The summed E-state index contributed by atoms with van der Waals surface area (Å²) in [6.07, 6.45) is 0. The smallest absolute Gasteiger partial charge is 0.277 e. The first-order valence-corrected chi connectivity index (χ1v) is 11.8. The van der Waals surface area contributed by atoms with Crippen LogP contribution in [0.3, 0.4) is 0 Å². The second kappa shape index (κ2) is 9.88. The van der Waals surface area contributed by atoms with Crippen LogP contribution in [0.4, 0.5) is 5.69 Å². The maximum atomic E-state index is 12.7. The van der Waals surface area contributed by atoms with Gasteiger partial charge in [-0.3, -0.25) is 4.79 Å². The van der Waals surface area contributed by atoms with Crippen LogP contribution in [0, 0.1) is 0 Å². The van der Waals surface area contributed by atoms with E-state index in [2.05, 4.69) is 15.5 Å². The third-order valence-corrected chi connectivity index (χ3v) is 7.08. The molecule has 10 heteroatoms. The summed E-state index contributed by atoms with van der Waals surface area (Å²) in [5, 5.41) is 10.9. The number of nitrogens with one attached hydrogen (secondary N) is 1. The fraction of sp³-hybridized carbons (Fsp3) is 0.250. The number of hydrogen-bond acceptors (Lipinski definition) is 7. The minimum Gasteiger partial charge on any atom is -0.411 e. The Labute approximate surface area is 179 Å². The van der Waals surface area contributed by atoms with Crippen molar-refractivity contribution in [2.75, 3.05) is 24.2 Å². The summed E-state index contributed by atoms with van der Waals surface area (Å²) in [4.78, 5) is 12.2. The van der Waals surface area contributed by atoms with Crippen molar-refractivity contribution in [3.05, 3.63) is 54.6 Å². The van der Waals surface area contributed by atoms with E-state index in [1.807, 2.05) is 18.2 Å². The summed E-state index contributed by atoms with van der Waals surface area (Å²) in [5.41, 5.74) is 1.21. The third-order valence-electron chi connectivity index (χ3n) is 4.21. The molecule has 1 amide bonds. The van der Waals surface area contributed by atoms with E-state index < -0.39 is 10.0 Å². The van der Waals surface area contributed by atoms with Gasteiger partial charge in [-0.15, -0.1) is 10.2 Å². The molecule has 0 aliphatic carbocycles. The average Bonchev–Trinajstić information content (AvgIpc) is 3.23. The van der Waals surface area contributed by atoms with Crippen molar-refractivity contribution in [3.8, 4) is 11.5 Å². The molecule has 3 rings (SSSR count). The number of carbonyl (C=O) groups is 1. The van der Waals surface area contributed by atoms with E-state index in [1.165, 1.54) is 16.4 Å². The Morgan fingerprint density at radius 2 is 1.80 bits per heavy atom. The molecule has 0 saturated heterocycles. The van der Waals surface area contributed by atoms with Crippen LogP contribution < -0.4 is 5.32 Å². The van der Waals surface area contributed by atoms with Gasteiger partial charge in [-0.2, -0.15) is 4.31 Å². The van der Waals surface area contributed by atoms with Crippen LogP contribution in [0.2, 0.25) is 0 Å². The number of anilines is 1. The summed E-state index contributed by atoms with van der Waals surface area (Å²) in [6.45, 7) is 4.35. The lowest BCUT2D eigenvalue weighted by Crippen LogP contribution is -2.30. The largest absolute Gasteiger partial charge is 0.411 e. The molecule has 1 aromatic heterocycles. The number of nitrogens with zero attached hydrogens (tertiary/aromatic N) is 3. The van der Waals surface area contributed by atoms with Crippen LogP contribution in [0.25, 0.3) is 11.5 Å². The second-order valence-electron chi connectivity index (χ2n) is 6.19. The van der Waals surface area contributed by atoms with Gasteiger partial charge in [-0.1, -0.05) is 49.9 Å². The molecule has 30 heavy (non-hydrogen) atoms. The number of sulfonamides is 1. The Balaban J connectivity index is 1.68. The quantitative estimate of drug-likeness (QED) is 0.502. The third kappa shape index (κ3) is 5.26. The van der Waals surface area contributed by atoms with Crippen molar-refractivity contribution in [2.24, 2.45) is 0 Å². The highest BCUT2D eigenvalue weighted by molar-refractivity contribution is 7.99. The molecule has 8 nitrogen and oxygen atoms in total. The fourth-order valence-corrected chi connectivity index (χ4v) is 4.80. The van der Waals surface area contributed by atoms with Crippen molar-refractivity contribution in [1.82, 2.24) is 14.5 Å². The van der Waals surface area contributed by atoms with Gasteiger partial charge in [0.2, 0.25) is 21.8 Å². The Hall–Kier alpha value is -2.69. The standard InChI is InChI=1S/C20H22N4O4S2/c1-3-24(4-2)30(26,27)17-12-8-9-15(13-17)19-22-23-20(28-19)29-14-18(25)21-16-10-6-5-7-11-16/h5-13H,3-4,14H2,1-2H3,(H,21,25). The molecule has 0 fully saturated rings. The average molecular weight is 447 g/mol. The van der Waals surface area contributed by atoms with Gasteiger partial charge < -0.3 is 9.73 Å². The first-order valence-electron chi connectivity index (χ1n) is 9.35. The zero-order valence-electron chi connectivity index (χ0n) is 16.6. The van der Waals surface area contributed by atoms with Crippen molar-refractivity contribution in [1.29, 1.82) is 0 Å². The number of rotatable bonds is 9. The predicted molar refractivity (Wildman–Crippen MR) is 116 cm³/mol. The molecule has 3 aromatic rings. The Bertz CT molecular complexity index is 1100. The van der Waals surface area contributed by atoms with Gasteiger partial charge in [0.05, 0.1) is 10.6 Å². The maximum Gasteiger partial charge on any atom is 0.277 e. The van der Waals surface area contributed by atoms with Gasteiger partial charge in [0, 0.05) is 24.3 Å². The Morgan fingerprint density at radius 3 is 2.50 bits per heavy atom. The van der Waals surface area contributed by atoms with Crippen molar-refractivity contribution < 1.29 is 17.6 Å². The molecule has 0 aliphatic rings. The number of benzene rings is 2. The number of thioether (sulfide) groups is 1. The van der Waals surface area contributed by atoms with Gasteiger partial charge >= 0.3 is 0 Å². The first kappa shape index (κ1) is 22.0. The number of aromatic nitrogens is 2. The van der Waals surface area contributed by atoms with Gasteiger partial charge in [-0.05, 0) is 30.3 Å². The van der Waals surface area contributed by atoms with Crippen molar-refractivity contribution in [3.63, 3.8) is 0 Å². The van der Waals surface area contributed by atoms with Gasteiger partial charge in [0.15, 0.2) is 0 Å². The molecule has 0 unspecified atom stereocenters. The van der Waals surface area contributed by atoms with Crippen LogP contribution in [0.15, 0.2) is 69.1 Å². The minimum absolute atomic E-state index is 0.104. The number of carbonyl (C=O) groups excluding carboxylic acids is 1. The summed E-state index contributed by atoms with van der Waals surface area (Å²) in [5.74, 6) is 0.100. The SMILES string of the molecule is CCN(CC)S(=O)(=O)c1cccc(-c2nnc(SCC(=O)Nc3ccccc3)o2)c1. The highest BCUT2D eigenvalue weighted by Crippen LogP contribution is 2.26. The van der Waals surface area contributed by atoms with Crippen LogP contribution in [0.1, 0.15) is 13.8 Å². The molecule has 0 spiro atoms. The van der Waals surface area contributed by atoms with Gasteiger partial charge in [-0.25, -0.2) is 8.42 Å². The Kier molecular flexibility index (Phi) is 7.24. The monoisotopic (exact) mass is 446 g/mol. The molecule has 2 aromatic carbocycles. The normalized spacial score (nSPS) is 11.6. The van der Waals surface area contributed by atoms with Crippen LogP contribution >= 0.6 is 11.8 Å². The highest BCUT2D eigenvalue weighted by atomic mass is 32.2. The lowest BCUT2D eigenvalue weighted by Gasteiger charge is -2.18. The van der Waals surface area contributed by atoms with Gasteiger partial charge in [0.25, 0.3) is 5.22 Å². The lowest BCUT2D eigenvalue weighted by molar-refractivity contribution is -0.113. The molecule has 0 aliphatic heterocycles. The minimum atomic E-state index is -3.59. The molecule has 1 N–H and O–H groups in total. The fourth-order valence-electron chi connectivity index (χ4n) is 2.73. The van der Waals surface area contributed by atoms with E-state index in [1.54, 1.807) is 38.1 Å². The maximum absolute atomic E-state index is 12.7. The topological polar surface area (TPSA) is 105 Å². The van der Waals surface area contributed by atoms with Crippen molar-refractivity contribution >= 4 is 33.4 Å². The number of amides is 1. The van der Waals surface area contributed by atoms with Gasteiger partial charge in [0.1, 0.15) is 0 Å². The number of hydrogen-bond donors (Lipinski definition) is 1. The highest BCUT2D eigenvalue weighted by Gasteiger charge is 2.22. The van der Waals surface area contributed by atoms with E-state index in [-0.39, 0.29) is 27.7 Å². The molecule has 0 atom stereocenters. The van der Waals surface area contributed by atoms with Crippen molar-refractivity contribution in [2.45, 2.75) is 24.0 Å². The summed E-state index contributed by atoms with van der Waals surface area (Å²) in [6, 6.07) is 15.5. The zero-order chi connectivity index (χ0) is 21.6. The lowest BCUT2D eigenvalue weighted by atomic mass is 10.2. The van der Waals surface area contributed by atoms with E-state index in [0.717, 1.165) is 11.8 Å². The van der Waals surface area contributed by atoms with Crippen LogP contribution in [-0.2, 0) is 14.8 Å².